The Morgan fingerprint density at radius 3 is 2.43 bits per heavy atom. The number of carbonyl (C=O) groups is 1. The van der Waals surface area contributed by atoms with Crippen LogP contribution in [0.25, 0.3) is 11.3 Å². The zero-order valence-corrected chi connectivity index (χ0v) is 21.8. The maximum atomic E-state index is 11.9. The minimum atomic E-state index is -0.804. The predicted molar refractivity (Wildman–Crippen MR) is 137 cm³/mol. The minimum absolute atomic E-state index is 0.0181. The number of anilines is 1. The molecular weight excluding hydrogens is 442 g/mol. The van der Waals surface area contributed by atoms with Crippen molar-refractivity contribution in [2.24, 2.45) is 5.92 Å². The number of hydrogen-bond acceptors (Lipinski definition) is 7. The van der Waals surface area contributed by atoms with Crippen LogP contribution in [0.5, 0.6) is 5.75 Å². The topological polar surface area (TPSA) is 99.6 Å². The van der Waals surface area contributed by atoms with Crippen LogP contribution in [-0.2, 0) is 4.79 Å². The van der Waals surface area contributed by atoms with Crippen LogP contribution in [0.4, 0.5) is 5.82 Å². The molecule has 1 atom stereocenters. The standard InChI is InChI=1S/C27H39N5O3/c1-26(2)14-19(15-27(3,4)31-26)32(5)24-12-11-21(29-30-24)20-10-9-18(13-23(20)35-6)22(33)16-28-25(34)17-7-8-17/h9-13,17,19,22,31,33H,7-8,14-16H2,1-6H3,(H,28,34). The summed E-state index contributed by atoms with van der Waals surface area (Å²) < 4.78 is 5.60. The van der Waals surface area contributed by atoms with E-state index in [1.807, 2.05) is 24.3 Å². The molecule has 8 nitrogen and oxygen atoms in total. The Labute approximate surface area is 208 Å². The second kappa shape index (κ2) is 9.74. The second-order valence-corrected chi connectivity index (χ2v) is 11.3. The van der Waals surface area contributed by atoms with E-state index in [1.165, 1.54) is 0 Å². The molecule has 8 heteroatoms. The van der Waals surface area contributed by atoms with E-state index in [4.69, 9.17) is 4.74 Å². The molecule has 1 saturated carbocycles. The lowest BCUT2D eigenvalue weighted by molar-refractivity contribution is -0.122. The zero-order valence-electron chi connectivity index (χ0n) is 21.8. The van der Waals surface area contributed by atoms with Gasteiger partial charge in [0.25, 0.3) is 0 Å². The maximum absolute atomic E-state index is 11.9. The summed E-state index contributed by atoms with van der Waals surface area (Å²) in [6.45, 7) is 9.17. The third-order valence-corrected chi connectivity index (χ3v) is 7.03. The van der Waals surface area contributed by atoms with E-state index in [1.54, 1.807) is 13.2 Å². The van der Waals surface area contributed by atoms with Crippen molar-refractivity contribution in [3.63, 3.8) is 0 Å². The number of carbonyl (C=O) groups excluding carboxylic acids is 1. The molecule has 2 aromatic rings. The van der Waals surface area contributed by atoms with E-state index in [0.29, 0.717) is 23.0 Å². The summed E-state index contributed by atoms with van der Waals surface area (Å²) in [5.41, 5.74) is 2.29. The molecule has 0 radical (unpaired) electrons. The molecule has 1 saturated heterocycles. The Kier molecular flexibility index (Phi) is 7.06. The summed E-state index contributed by atoms with van der Waals surface area (Å²) in [6, 6.07) is 9.83. The van der Waals surface area contributed by atoms with Gasteiger partial charge in [-0.3, -0.25) is 4.79 Å². The van der Waals surface area contributed by atoms with Crippen LogP contribution in [0, 0.1) is 5.92 Å². The predicted octanol–water partition coefficient (Wildman–Crippen LogP) is 3.46. The number of benzene rings is 1. The minimum Gasteiger partial charge on any atom is -0.496 e. The van der Waals surface area contributed by atoms with Crippen LogP contribution in [-0.4, -0.2) is 59.0 Å². The first-order valence-electron chi connectivity index (χ1n) is 12.5. The van der Waals surface area contributed by atoms with E-state index >= 15 is 0 Å². The number of rotatable bonds is 8. The van der Waals surface area contributed by atoms with Gasteiger partial charge in [0.1, 0.15) is 5.75 Å². The fraction of sp³-hybridized carbons (Fsp3) is 0.593. The summed E-state index contributed by atoms with van der Waals surface area (Å²) in [7, 11) is 3.69. The number of piperidine rings is 1. The van der Waals surface area contributed by atoms with Gasteiger partial charge in [-0.25, -0.2) is 0 Å². The SMILES string of the molecule is COc1cc(C(O)CNC(=O)C2CC2)ccc1-c1ccc(N(C)C2CC(C)(C)NC(C)(C)C2)nn1. The van der Waals surface area contributed by atoms with Gasteiger partial charge in [-0.15, -0.1) is 10.2 Å². The van der Waals surface area contributed by atoms with E-state index in [-0.39, 0.29) is 29.4 Å². The van der Waals surface area contributed by atoms with Crippen molar-refractivity contribution in [3.8, 4) is 17.0 Å². The molecule has 1 aromatic carbocycles. The Bertz CT molecular complexity index is 1030. The molecule has 1 aliphatic carbocycles. The average Bonchev–Trinajstić information content (AvgIpc) is 3.65. The van der Waals surface area contributed by atoms with Crippen molar-refractivity contribution in [1.29, 1.82) is 0 Å². The third-order valence-electron chi connectivity index (χ3n) is 7.03. The molecule has 1 unspecified atom stereocenters. The lowest BCUT2D eigenvalue weighted by Crippen LogP contribution is -2.62. The normalized spacial score (nSPS) is 20.2. The highest BCUT2D eigenvalue weighted by atomic mass is 16.5. The van der Waals surface area contributed by atoms with Crippen LogP contribution in [0.2, 0.25) is 0 Å². The molecule has 2 fully saturated rings. The van der Waals surface area contributed by atoms with Crippen molar-refractivity contribution < 1.29 is 14.6 Å². The largest absolute Gasteiger partial charge is 0.496 e. The van der Waals surface area contributed by atoms with Gasteiger partial charge < -0.3 is 25.4 Å². The summed E-state index contributed by atoms with van der Waals surface area (Å²) >= 11 is 0. The molecule has 4 rings (SSSR count). The van der Waals surface area contributed by atoms with Crippen molar-refractivity contribution >= 4 is 11.7 Å². The molecule has 0 spiro atoms. The number of nitrogens with zero attached hydrogens (tertiary/aromatic N) is 3. The van der Waals surface area contributed by atoms with Crippen LogP contribution >= 0.6 is 0 Å². The summed E-state index contributed by atoms with van der Waals surface area (Å²) in [5, 5.41) is 26.1. The quantitative estimate of drug-likeness (QED) is 0.531. The number of amides is 1. The Morgan fingerprint density at radius 1 is 1.17 bits per heavy atom. The molecule has 0 bridgehead atoms. The molecule has 2 heterocycles. The van der Waals surface area contributed by atoms with Crippen molar-refractivity contribution in [1.82, 2.24) is 20.8 Å². The number of ether oxygens (including phenoxy) is 1. The van der Waals surface area contributed by atoms with Gasteiger partial charge in [0.05, 0.1) is 18.9 Å². The monoisotopic (exact) mass is 481 g/mol. The number of methoxy groups -OCH3 is 1. The van der Waals surface area contributed by atoms with Crippen molar-refractivity contribution in [3.05, 3.63) is 35.9 Å². The highest BCUT2D eigenvalue weighted by molar-refractivity contribution is 5.80. The summed E-state index contributed by atoms with van der Waals surface area (Å²) in [6.07, 6.45) is 3.12. The van der Waals surface area contributed by atoms with E-state index in [0.717, 1.165) is 37.1 Å². The molecular formula is C27H39N5O3. The van der Waals surface area contributed by atoms with Crippen molar-refractivity contribution in [2.45, 2.75) is 76.6 Å². The number of aliphatic hydroxyl groups excluding tert-OH is 1. The smallest absolute Gasteiger partial charge is 0.223 e. The molecule has 3 N–H and O–H groups in total. The van der Waals surface area contributed by atoms with Crippen LogP contribution in [0.15, 0.2) is 30.3 Å². The second-order valence-electron chi connectivity index (χ2n) is 11.3. The maximum Gasteiger partial charge on any atom is 0.223 e. The molecule has 1 aliphatic heterocycles. The van der Waals surface area contributed by atoms with Gasteiger partial charge in [-0.05, 0) is 83.2 Å². The van der Waals surface area contributed by atoms with E-state index in [2.05, 4.69) is 60.5 Å². The molecule has 35 heavy (non-hydrogen) atoms. The van der Waals surface area contributed by atoms with Gasteiger partial charge in [-0.2, -0.15) is 0 Å². The Morgan fingerprint density at radius 2 is 1.86 bits per heavy atom. The lowest BCUT2D eigenvalue weighted by atomic mass is 9.79. The molecule has 190 valence electrons. The summed E-state index contributed by atoms with van der Waals surface area (Å²) in [5.74, 6) is 1.58. The third kappa shape index (κ3) is 6.11. The van der Waals surface area contributed by atoms with Gasteiger partial charge in [0.15, 0.2) is 5.82 Å². The summed E-state index contributed by atoms with van der Waals surface area (Å²) in [4.78, 5) is 14.1. The first-order valence-corrected chi connectivity index (χ1v) is 12.5. The molecule has 2 aliphatic rings. The fourth-order valence-electron chi connectivity index (χ4n) is 5.32. The van der Waals surface area contributed by atoms with Gasteiger partial charge in [-0.1, -0.05) is 6.07 Å². The number of aliphatic hydroxyl groups is 1. The highest BCUT2D eigenvalue weighted by Crippen LogP contribution is 2.34. The first-order chi connectivity index (χ1) is 16.5. The number of aromatic nitrogens is 2. The van der Waals surface area contributed by atoms with Gasteiger partial charge >= 0.3 is 0 Å². The molecule has 1 aromatic heterocycles. The van der Waals surface area contributed by atoms with E-state index < -0.39 is 6.10 Å². The number of nitrogens with one attached hydrogen (secondary N) is 2. The zero-order chi connectivity index (χ0) is 25.4. The van der Waals surface area contributed by atoms with Gasteiger partial charge in [0, 0.05) is 42.2 Å². The first kappa shape index (κ1) is 25.4. The molecule has 1 amide bonds. The number of hydrogen-bond donors (Lipinski definition) is 3. The van der Waals surface area contributed by atoms with Crippen LogP contribution in [0.3, 0.4) is 0 Å². The van der Waals surface area contributed by atoms with Crippen LogP contribution in [0.1, 0.15) is 65.0 Å². The Hall–Kier alpha value is -2.71. The average molecular weight is 482 g/mol. The van der Waals surface area contributed by atoms with Gasteiger partial charge in [0.2, 0.25) is 5.91 Å². The fourth-order valence-corrected chi connectivity index (χ4v) is 5.32. The van der Waals surface area contributed by atoms with Crippen molar-refractivity contribution in [2.75, 3.05) is 25.6 Å². The van der Waals surface area contributed by atoms with E-state index in [9.17, 15) is 9.90 Å². The van der Waals surface area contributed by atoms with Crippen LogP contribution < -0.4 is 20.3 Å². The highest BCUT2D eigenvalue weighted by Gasteiger charge is 2.39. The Balaban J connectivity index is 1.46. The lowest BCUT2D eigenvalue weighted by Gasteiger charge is -2.49.